The first-order valence-electron chi connectivity index (χ1n) is 8.71. The fourth-order valence-electron chi connectivity index (χ4n) is 2.73. The fraction of sp³-hybridized carbons (Fsp3) is 0.263. The van der Waals surface area contributed by atoms with Crippen LogP contribution in [0, 0.1) is 19.8 Å². The smallest absolute Gasteiger partial charge is 0.266 e. The van der Waals surface area contributed by atoms with E-state index in [1.54, 1.807) is 0 Å². The van der Waals surface area contributed by atoms with Gasteiger partial charge in [-0.05, 0) is 50.5 Å². The second-order valence-electron chi connectivity index (χ2n) is 6.67. The molecule has 4 rings (SSSR count). The molecule has 0 atom stereocenters. The first-order valence-corrected chi connectivity index (χ1v) is 9.53. The number of nitrogens with one attached hydrogen (secondary N) is 3. The minimum absolute atomic E-state index is 0.0395. The van der Waals surface area contributed by atoms with Crippen LogP contribution in [-0.4, -0.2) is 27.0 Å². The molecule has 8 heteroatoms. The first-order chi connectivity index (χ1) is 13.0. The van der Waals surface area contributed by atoms with Gasteiger partial charge in [0, 0.05) is 17.2 Å². The Morgan fingerprint density at radius 1 is 1.19 bits per heavy atom. The molecule has 3 N–H and O–H groups in total. The summed E-state index contributed by atoms with van der Waals surface area (Å²) in [6.07, 6.45) is 1.90. The second-order valence-corrected chi connectivity index (χ2v) is 7.72. The molecule has 7 nitrogen and oxygen atoms in total. The molecule has 27 heavy (non-hydrogen) atoms. The van der Waals surface area contributed by atoms with Crippen molar-refractivity contribution in [3.8, 4) is 11.4 Å². The van der Waals surface area contributed by atoms with Crippen molar-refractivity contribution in [1.82, 2.24) is 15.2 Å². The molecule has 2 amide bonds. The molecule has 2 aromatic heterocycles. The van der Waals surface area contributed by atoms with E-state index in [-0.39, 0.29) is 17.7 Å². The van der Waals surface area contributed by atoms with Gasteiger partial charge < -0.3 is 10.6 Å². The summed E-state index contributed by atoms with van der Waals surface area (Å²) in [6.45, 7) is 3.70. The second kappa shape index (κ2) is 6.96. The molecule has 3 aromatic rings. The number of carbonyl (C=O) groups excluding carboxylic acids is 2. The highest BCUT2D eigenvalue weighted by Gasteiger charge is 2.30. The number of aromatic nitrogens is 3. The van der Waals surface area contributed by atoms with Crippen molar-refractivity contribution < 1.29 is 9.59 Å². The standard InChI is InChI=1S/C19H19N5O2S/c1-10-8-15(22-18(25)12-6-7-12)27-16(10)19(26)21-14-5-3-4-13(9-14)17-20-11(2)23-24-17/h3-5,8-9,12H,6-7H2,1-2H3,(H,21,26)(H,22,25)(H,20,23,24). The van der Waals surface area contributed by atoms with E-state index in [0.717, 1.165) is 29.8 Å². The molecule has 0 radical (unpaired) electrons. The number of H-pyrrole nitrogens is 1. The Bertz CT molecular complexity index is 1020. The Labute approximate surface area is 160 Å². The third-order valence-electron chi connectivity index (χ3n) is 4.29. The summed E-state index contributed by atoms with van der Waals surface area (Å²) in [4.78, 5) is 29.5. The van der Waals surface area contributed by atoms with Gasteiger partial charge in [0.1, 0.15) is 5.82 Å². The number of hydrogen-bond acceptors (Lipinski definition) is 5. The molecule has 0 aliphatic heterocycles. The van der Waals surface area contributed by atoms with E-state index in [9.17, 15) is 9.59 Å². The maximum atomic E-state index is 12.7. The van der Waals surface area contributed by atoms with Crippen LogP contribution in [0.3, 0.4) is 0 Å². The molecule has 1 aromatic carbocycles. The summed E-state index contributed by atoms with van der Waals surface area (Å²) in [6, 6.07) is 9.23. The van der Waals surface area contributed by atoms with E-state index in [1.165, 1.54) is 11.3 Å². The minimum atomic E-state index is -0.201. The van der Waals surface area contributed by atoms with E-state index in [2.05, 4.69) is 25.8 Å². The van der Waals surface area contributed by atoms with E-state index in [1.807, 2.05) is 44.2 Å². The van der Waals surface area contributed by atoms with Crippen LogP contribution in [0.15, 0.2) is 30.3 Å². The largest absolute Gasteiger partial charge is 0.321 e. The van der Waals surface area contributed by atoms with Crippen molar-refractivity contribution in [3.63, 3.8) is 0 Å². The summed E-state index contributed by atoms with van der Waals surface area (Å²) >= 11 is 1.29. The SMILES string of the molecule is Cc1nc(-c2cccc(NC(=O)c3sc(NC(=O)C4CC4)cc3C)c2)n[nH]1. The predicted octanol–water partition coefficient (Wildman–Crippen LogP) is 3.75. The number of anilines is 2. The third-order valence-corrected chi connectivity index (χ3v) is 5.45. The monoisotopic (exact) mass is 381 g/mol. The number of hydrogen-bond donors (Lipinski definition) is 3. The first kappa shape index (κ1) is 17.4. The maximum Gasteiger partial charge on any atom is 0.266 e. The van der Waals surface area contributed by atoms with Gasteiger partial charge in [-0.25, -0.2) is 4.98 Å². The Balaban J connectivity index is 1.49. The third kappa shape index (κ3) is 3.90. The van der Waals surface area contributed by atoms with Crippen LogP contribution in [-0.2, 0) is 4.79 Å². The van der Waals surface area contributed by atoms with Crippen LogP contribution in [0.5, 0.6) is 0 Å². The molecular formula is C19H19N5O2S. The van der Waals surface area contributed by atoms with Gasteiger partial charge in [-0.2, -0.15) is 5.10 Å². The van der Waals surface area contributed by atoms with Crippen LogP contribution in [0.2, 0.25) is 0 Å². The number of nitrogens with zero attached hydrogens (tertiary/aromatic N) is 2. The van der Waals surface area contributed by atoms with E-state index in [4.69, 9.17) is 0 Å². The molecule has 0 spiro atoms. The lowest BCUT2D eigenvalue weighted by Crippen LogP contribution is -2.12. The van der Waals surface area contributed by atoms with Crippen LogP contribution < -0.4 is 10.6 Å². The van der Waals surface area contributed by atoms with Crippen LogP contribution in [0.25, 0.3) is 11.4 Å². The zero-order chi connectivity index (χ0) is 19.0. The van der Waals surface area contributed by atoms with E-state index >= 15 is 0 Å². The van der Waals surface area contributed by atoms with Gasteiger partial charge in [0.15, 0.2) is 5.82 Å². The molecule has 1 saturated carbocycles. The molecule has 0 unspecified atom stereocenters. The molecule has 1 aliphatic rings. The lowest BCUT2D eigenvalue weighted by Gasteiger charge is -2.06. The number of carbonyl (C=O) groups is 2. The quantitative estimate of drug-likeness (QED) is 0.627. The summed E-state index contributed by atoms with van der Waals surface area (Å²) in [5.41, 5.74) is 2.32. The van der Waals surface area contributed by atoms with Crippen molar-refractivity contribution in [2.45, 2.75) is 26.7 Å². The van der Waals surface area contributed by atoms with Crippen molar-refractivity contribution >= 4 is 33.8 Å². The molecule has 0 bridgehead atoms. The average Bonchev–Trinajstić information content (AvgIpc) is 3.31. The van der Waals surface area contributed by atoms with Gasteiger partial charge in [0.2, 0.25) is 5.91 Å². The highest BCUT2D eigenvalue weighted by atomic mass is 32.1. The van der Waals surface area contributed by atoms with Crippen LogP contribution in [0.1, 0.15) is 33.9 Å². The van der Waals surface area contributed by atoms with E-state index in [0.29, 0.717) is 21.4 Å². The maximum absolute atomic E-state index is 12.7. The molecule has 1 fully saturated rings. The number of aromatic amines is 1. The number of thiophene rings is 1. The Morgan fingerprint density at radius 2 is 2.00 bits per heavy atom. The zero-order valence-corrected chi connectivity index (χ0v) is 15.8. The van der Waals surface area contributed by atoms with Gasteiger partial charge in [-0.1, -0.05) is 12.1 Å². The van der Waals surface area contributed by atoms with Crippen LogP contribution >= 0.6 is 11.3 Å². The Hall–Kier alpha value is -3.00. The van der Waals surface area contributed by atoms with Gasteiger partial charge in [0.25, 0.3) is 5.91 Å². The topological polar surface area (TPSA) is 99.8 Å². The van der Waals surface area contributed by atoms with Crippen molar-refractivity contribution in [2.75, 3.05) is 10.6 Å². The predicted molar refractivity (Wildman–Crippen MR) is 105 cm³/mol. The average molecular weight is 381 g/mol. The van der Waals surface area contributed by atoms with Gasteiger partial charge in [-0.15, -0.1) is 11.3 Å². The van der Waals surface area contributed by atoms with Gasteiger partial charge in [0.05, 0.1) is 9.88 Å². The molecule has 2 heterocycles. The highest BCUT2D eigenvalue weighted by Crippen LogP contribution is 2.33. The number of rotatable bonds is 5. The van der Waals surface area contributed by atoms with E-state index < -0.39 is 0 Å². The zero-order valence-electron chi connectivity index (χ0n) is 15.0. The van der Waals surface area contributed by atoms with Crippen LogP contribution in [0.4, 0.5) is 10.7 Å². The van der Waals surface area contributed by atoms with Crippen molar-refractivity contribution in [3.05, 3.63) is 46.6 Å². The summed E-state index contributed by atoms with van der Waals surface area (Å²) in [5, 5.41) is 13.5. The van der Waals surface area contributed by atoms with Gasteiger partial charge in [-0.3, -0.25) is 14.7 Å². The molecule has 138 valence electrons. The highest BCUT2D eigenvalue weighted by molar-refractivity contribution is 7.18. The van der Waals surface area contributed by atoms with Crippen molar-refractivity contribution in [2.24, 2.45) is 5.92 Å². The summed E-state index contributed by atoms with van der Waals surface area (Å²) in [5.74, 6) is 1.28. The number of benzene rings is 1. The summed E-state index contributed by atoms with van der Waals surface area (Å²) < 4.78 is 0. The molecule has 0 saturated heterocycles. The molecule has 1 aliphatic carbocycles. The minimum Gasteiger partial charge on any atom is -0.321 e. The van der Waals surface area contributed by atoms with Gasteiger partial charge >= 0.3 is 0 Å². The number of aryl methyl sites for hydroxylation is 2. The normalized spacial score (nSPS) is 13.4. The number of amides is 2. The Kier molecular flexibility index (Phi) is 4.49. The lowest BCUT2D eigenvalue weighted by molar-refractivity contribution is -0.117. The lowest BCUT2D eigenvalue weighted by atomic mass is 10.2. The van der Waals surface area contributed by atoms with Crippen molar-refractivity contribution in [1.29, 1.82) is 0 Å². The Morgan fingerprint density at radius 3 is 2.70 bits per heavy atom. The fourth-order valence-corrected chi connectivity index (χ4v) is 3.70. The summed E-state index contributed by atoms with van der Waals surface area (Å²) in [7, 11) is 0. The molecular weight excluding hydrogens is 362 g/mol.